The van der Waals surface area contributed by atoms with E-state index >= 15 is 0 Å². The fourth-order valence-corrected chi connectivity index (χ4v) is 6.29. The van der Waals surface area contributed by atoms with Crippen molar-refractivity contribution in [3.63, 3.8) is 0 Å². The summed E-state index contributed by atoms with van der Waals surface area (Å²) in [6.45, 7) is 7.28. The first kappa shape index (κ1) is 61.5. The second-order valence-electron chi connectivity index (χ2n) is 16.3. The zero-order chi connectivity index (χ0) is 47.7. The van der Waals surface area contributed by atoms with Crippen molar-refractivity contribution in [1.29, 1.82) is 0 Å². The van der Waals surface area contributed by atoms with Gasteiger partial charge in [0.15, 0.2) is 6.10 Å². The Hall–Kier alpha value is -4.48. The molecule has 0 aliphatic carbocycles. The van der Waals surface area contributed by atoms with Crippen molar-refractivity contribution in [3.05, 3.63) is 158 Å². The van der Waals surface area contributed by atoms with Gasteiger partial charge in [0.25, 0.3) is 0 Å². The molecule has 0 saturated carbocycles. The number of allylic oxidation sites excluding steroid dienone is 26. The lowest BCUT2D eigenvalue weighted by Crippen LogP contribution is -2.30. The number of ether oxygens (including phenoxy) is 3. The summed E-state index contributed by atoms with van der Waals surface area (Å²) in [6, 6.07) is 0. The van der Waals surface area contributed by atoms with Crippen molar-refractivity contribution in [2.45, 2.75) is 194 Å². The minimum Gasteiger partial charge on any atom is -0.462 e. The summed E-state index contributed by atoms with van der Waals surface area (Å²) < 4.78 is 17.3. The molecule has 5 nitrogen and oxygen atoms in total. The lowest BCUT2D eigenvalue weighted by atomic mass is 10.1. The molecule has 0 aromatic rings. The Bertz CT molecular complexity index is 1490. The molecule has 1 unspecified atom stereocenters. The van der Waals surface area contributed by atoms with Gasteiger partial charge < -0.3 is 14.2 Å². The van der Waals surface area contributed by atoms with Crippen LogP contribution in [0.4, 0.5) is 0 Å². The first-order chi connectivity index (χ1) is 32.6. The Balaban J connectivity index is 4.52. The van der Waals surface area contributed by atoms with Crippen LogP contribution in [-0.4, -0.2) is 37.9 Å². The van der Waals surface area contributed by atoms with Gasteiger partial charge in [-0.2, -0.15) is 0 Å². The fourth-order valence-electron chi connectivity index (χ4n) is 6.29. The maximum Gasteiger partial charge on any atom is 0.306 e. The summed E-state index contributed by atoms with van der Waals surface area (Å²) in [7, 11) is 0. The van der Waals surface area contributed by atoms with Crippen LogP contribution in [-0.2, 0) is 23.8 Å². The minimum atomic E-state index is -0.604. The van der Waals surface area contributed by atoms with Gasteiger partial charge in [0.1, 0.15) is 6.61 Å². The lowest BCUT2D eigenvalue weighted by molar-refractivity contribution is -0.163. The standard InChI is InChI=1S/C61H94O5/c1-4-7-10-13-16-19-22-25-28-30-32-35-38-41-44-47-50-53-56-64-57-59(66-61(63)55-52-49-46-43-40-37-33-27-24-21-18-15-12-9-6-3)58-65-60(62)54-51-48-45-42-39-36-34-31-29-26-23-20-17-14-11-8-5-2/h7-12,16-21,25-29,32-36,41-42,44-45,59H,4-6,13-15,22-24,30-31,37-40,43,46-58H2,1-3H3/b10-7-,11-8-,12-9-,19-16-,20-17-,21-18-,28-25-,29-26-,33-27-,35-32-,36-34-,44-41-,45-42-. The molecule has 0 N–H and O–H groups in total. The highest BCUT2D eigenvalue weighted by atomic mass is 16.6. The van der Waals surface area contributed by atoms with Crippen LogP contribution in [0.3, 0.4) is 0 Å². The molecule has 0 amide bonds. The first-order valence-electron chi connectivity index (χ1n) is 26.0. The highest BCUT2D eigenvalue weighted by Crippen LogP contribution is 2.11. The van der Waals surface area contributed by atoms with Gasteiger partial charge in [-0.3, -0.25) is 9.59 Å². The molecule has 0 bridgehead atoms. The average molecular weight is 907 g/mol. The van der Waals surface area contributed by atoms with E-state index in [0.717, 1.165) is 141 Å². The smallest absolute Gasteiger partial charge is 0.306 e. The number of hydrogen-bond donors (Lipinski definition) is 0. The Morgan fingerprint density at radius 1 is 0.333 bits per heavy atom. The summed E-state index contributed by atoms with van der Waals surface area (Å²) in [4.78, 5) is 25.4. The van der Waals surface area contributed by atoms with Gasteiger partial charge in [-0.25, -0.2) is 0 Å². The number of carbonyl (C=O) groups excluding carboxylic acids is 2. The van der Waals surface area contributed by atoms with Crippen molar-refractivity contribution >= 4 is 11.9 Å². The van der Waals surface area contributed by atoms with E-state index in [-0.39, 0.29) is 25.2 Å². The molecule has 0 aromatic carbocycles. The normalized spacial score (nSPS) is 13.6. The molecule has 0 saturated heterocycles. The molecular formula is C61H94O5. The van der Waals surface area contributed by atoms with E-state index in [0.29, 0.717) is 25.9 Å². The Labute approximate surface area is 405 Å². The molecule has 368 valence electrons. The predicted molar refractivity (Wildman–Crippen MR) is 288 cm³/mol. The third kappa shape index (κ3) is 52.1. The number of carbonyl (C=O) groups is 2. The van der Waals surface area contributed by atoms with E-state index in [1.54, 1.807) is 0 Å². The monoisotopic (exact) mass is 907 g/mol. The van der Waals surface area contributed by atoms with Crippen molar-refractivity contribution in [1.82, 2.24) is 0 Å². The Morgan fingerprint density at radius 3 is 1.06 bits per heavy atom. The van der Waals surface area contributed by atoms with Gasteiger partial charge in [-0.15, -0.1) is 0 Å². The van der Waals surface area contributed by atoms with Crippen LogP contribution < -0.4 is 0 Å². The zero-order valence-electron chi connectivity index (χ0n) is 42.1. The topological polar surface area (TPSA) is 61.8 Å². The first-order valence-corrected chi connectivity index (χ1v) is 26.0. The van der Waals surface area contributed by atoms with Crippen LogP contribution in [0.2, 0.25) is 0 Å². The molecule has 66 heavy (non-hydrogen) atoms. The number of esters is 2. The van der Waals surface area contributed by atoms with Crippen LogP contribution in [0.25, 0.3) is 0 Å². The third-order valence-electron chi connectivity index (χ3n) is 10.0. The van der Waals surface area contributed by atoms with Crippen LogP contribution in [0.1, 0.15) is 188 Å². The average Bonchev–Trinajstić information content (AvgIpc) is 3.32. The quantitative estimate of drug-likeness (QED) is 0.0346. The van der Waals surface area contributed by atoms with Crippen LogP contribution >= 0.6 is 0 Å². The molecule has 1 atom stereocenters. The Morgan fingerprint density at radius 2 is 0.652 bits per heavy atom. The maximum atomic E-state index is 12.8. The van der Waals surface area contributed by atoms with Crippen LogP contribution in [0.15, 0.2) is 158 Å². The van der Waals surface area contributed by atoms with E-state index in [9.17, 15) is 9.59 Å². The molecule has 0 fully saturated rings. The lowest BCUT2D eigenvalue weighted by Gasteiger charge is -2.18. The number of hydrogen-bond acceptors (Lipinski definition) is 5. The fraction of sp³-hybridized carbons (Fsp3) is 0.541. The van der Waals surface area contributed by atoms with E-state index in [1.165, 1.54) is 6.42 Å². The molecule has 0 rings (SSSR count). The minimum absolute atomic E-state index is 0.0193. The summed E-state index contributed by atoms with van der Waals surface area (Å²) in [5.74, 6) is -0.524. The Kier molecular flexibility index (Phi) is 51.1. The number of rotatable bonds is 45. The SMILES string of the molecule is CC/C=C\C/C=C\C/C=C\C/C=C\C/C=C\CCCCOCC(COC(=O)CCC/C=C\C/C=C\C/C=C\C/C=C\C/C=C\CC)OC(=O)CCCCCCC/C=C\C/C=C\C/C=C\CC. The van der Waals surface area contributed by atoms with E-state index in [1.807, 2.05) is 0 Å². The van der Waals surface area contributed by atoms with Crippen molar-refractivity contribution in [3.8, 4) is 0 Å². The molecule has 0 radical (unpaired) electrons. The second-order valence-corrected chi connectivity index (χ2v) is 16.3. The van der Waals surface area contributed by atoms with Gasteiger partial charge in [-0.1, -0.05) is 198 Å². The molecular weight excluding hydrogens is 813 g/mol. The van der Waals surface area contributed by atoms with Gasteiger partial charge in [0, 0.05) is 19.4 Å². The summed E-state index contributed by atoms with van der Waals surface area (Å²) in [6.07, 6.45) is 81.2. The highest BCUT2D eigenvalue weighted by molar-refractivity contribution is 5.70. The third-order valence-corrected chi connectivity index (χ3v) is 10.0. The van der Waals surface area contributed by atoms with Crippen molar-refractivity contribution < 1.29 is 23.8 Å². The van der Waals surface area contributed by atoms with Gasteiger partial charge in [-0.05, 0) is 135 Å². The number of unbranched alkanes of at least 4 members (excludes halogenated alkanes) is 8. The molecule has 0 heterocycles. The molecule has 0 aliphatic rings. The van der Waals surface area contributed by atoms with Crippen LogP contribution in [0, 0.1) is 0 Å². The van der Waals surface area contributed by atoms with Gasteiger partial charge in [0.05, 0.1) is 6.61 Å². The van der Waals surface area contributed by atoms with E-state index < -0.39 is 6.10 Å². The van der Waals surface area contributed by atoms with Gasteiger partial charge >= 0.3 is 11.9 Å². The van der Waals surface area contributed by atoms with E-state index in [2.05, 4.69) is 179 Å². The zero-order valence-corrected chi connectivity index (χ0v) is 42.1. The molecule has 0 aliphatic heterocycles. The van der Waals surface area contributed by atoms with E-state index in [4.69, 9.17) is 14.2 Å². The molecule has 0 spiro atoms. The van der Waals surface area contributed by atoms with Crippen molar-refractivity contribution in [2.24, 2.45) is 0 Å². The summed E-state index contributed by atoms with van der Waals surface area (Å²) in [5.41, 5.74) is 0. The van der Waals surface area contributed by atoms with Gasteiger partial charge in [0.2, 0.25) is 0 Å². The highest BCUT2D eigenvalue weighted by Gasteiger charge is 2.17. The summed E-state index contributed by atoms with van der Waals surface area (Å²) in [5, 5.41) is 0. The predicted octanol–water partition coefficient (Wildman–Crippen LogP) is 17.9. The summed E-state index contributed by atoms with van der Waals surface area (Å²) >= 11 is 0. The van der Waals surface area contributed by atoms with Crippen LogP contribution in [0.5, 0.6) is 0 Å². The van der Waals surface area contributed by atoms with Crippen molar-refractivity contribution in [2.75, 3.05) is 19.8 Å². The molecule has 5 heteroatoms. The maximum absolute atomic E-state index is 12.8. The second kappa shape index (κ2) is 54.9. The largest absolute Gasteiger partial charge is 0.462 e. The molecule has 0 aromatic heterocycles.